The van der Waals surface area contributed by atoms with Gasteiger partial charge in [-0.05, 0) is 19.3 Å². The molecule has 112 valence electrons. The molecule has 2 atom stereocenters. The Morgan fingerprint density at radius 1 is 1.60 bits per heavy atom. The summed E-state index contributed by atoms with van der Waals surface area (Å²) in [4.78, 5) is 20.2. The molecule has 0 spiro atoms. The Balaban J connectivity index is 2.00. The Kier molecular flexibility index (Phi) is 5.12. The van der Waals surface area contributed by atoms with Gasteiger partial charge in [-0.3, -0.25) is 14.6 Å². The summed E-state index contributed by atoms with van der Waals surface area (Å²) in [5.41, 5.74) is 7.10. The van der Waals surface area contributed by atoms with Gasteiger partial charge in [-0.15, -0.1) is 11.3 Å². The second-order valence-corrected chi connectivity index (χ2v) is 6.52. The molecule has 20 heavy (non-hydrogen) atoms. The molecular formula is C14H24N4OS. The van der Waals surface area contributed by atoms with Gasteiger partial charge in [-0.1, -0.05) is 6.92 Å². The molecule has 2 heterocycles. The number of carbonyl (C=O) groups is 1. The first kappa shape index (κ1) is 15.4. The van der Waals surface area contributed by atoms with Crippen LogP contribution in [-0.4, -0.2) is 41.5 Å². The number of aromatic nitrogens is 1. The largest absolute Gasteiger partial charge is 0.327 e. The molecule has 1 amide bonds. The summed E-state index contributed by atoms with van der Waals surface area (Å²) in [6.45, 7) is 9.28. The maximum atomic E-state index is 11.5. The van der Waals surface area contributed by atoms with E-state index in [1.807, 2.05) is 12.3 Å². The highest BCUT2D eigenvalue weighted by atomic mass is 32.1. The lowest BCUT2D eigenvalue weighted by Crippen LogP contribution is -2.45. The van der Waals surface area contributed by atoms with Crippen LogP contribution in [0.15, 0.2) is 5.38 Å². The first-order valence-electron chi connectivity index (χ1n) is 7.20. The third kappa shape index (κ3) is 3.77. The average molecular weight is 296 g/mol. The van der Waals surface area contributed by atoms with Crippen LogP contribution in [0.25, 0.3) is 0 Å². The number of rotatable bonds is 4. The zero-order valence-electron chi connectivity index (χ0n) is 12.5. The summed E-state index contributed by atoms with van der Waals surface area (Å²) in [5, 5.41) is 2.84. The highest BCUT2D eigenvalue weighted by Gasteiger charge is 2.23. The van der Waals surface area contributed by atoms with Crippen molar-refractivity contribution in [1.29, 1.82) is 0 Å². The lowest BCUT2D eigenvalue weighted by Gasteiger charge is -2.34. The van der Waals surface area contributed by atoms with E-state index in [0.29, 0.717) is 12.5 Å². The molecule has 0 radical (unpaired) electrons. The van der Waals surface area contributed by atoms with E-state index in [9.17, 15) is 4.79 Å². The Morgan fingerprint density at radius 2 is 2.35 bits per heavy atom. The van der Waals surface area contributed by atoms with Crippen LogP contribution in [0.4, 0.5) is 5.13 Å². The van der Waals surface area contributed by atoms with E-state index in [1.165, 1.54) is 11.3 Å². The van der Waals surface area contributed by atoms with Crippen LogP contribution in [0, 0.1) is 5.92 Å². The van der Waals surface area contributed by atoms with E-state index in [2.05, 4.69) is 16.8 Å². The number of thiazole rings is 1. The molecule has 5 nitrogen and oxygen atoms in total. The van der Waals surface area contributed by atoms with Gasteiger partial charge in [0.1, 0.15) is 0 Å². The summed E-state index contributed by atoms with van der Waals surface area (Å²) >= 11 is 1.54. The molecule has 0 aliphatic carbocycles. The summed E-state index contributed by atoms with van der Waals surface area (Å²) in [6, 6.07) is 0.265. The lowest BCUT2D eigenvalue weighted by atomic mass is 9.96. The summed E-state index contributed by atoms with van der Waals surface area (Å²) < 4.78 is 0. The van der Waals surface area contributed by atoms with Crippen molar-refractivity contribution in [3.8, 4) is 0 Å². The van der Waals surface area contributed by atoms with Crippen molar-refractivity contribution in [2.45, 2.75) is 39.8 Å². The third-order valence-corrected chi connectivity index (χ3v) is 4.53. The van der Waals surface area contributed by atoms with Crippen molar-refractivity contribution in [1.82, 2.24) is 9.88 Å². The van der Waals surface area contributed by atoms with Crippen molar-refractivity contribution < 1.29 is 4.79 Å². The highest BCUT2D eigenvalue weighted by molar-refractivity contribution is 7.14. The lowest BCUT2D eigenvalue weighted by molar-refractivity contribution is -0.116. The van der Waals surface area contributed by atoms with Crippen LogP contribution >= 0.6 is 11.3 Å². The smallest absolute Gasteiger partial charge is 0.225 e. The van der Waals surface area contributed by atoms with Crippen molar-refractivity contribution in [2.24, 2.45) is 11.7 Å². The molecule has 2 rings (SSSR count). The number of carbonyl (C=O) groups excluding carboxylic acids is 1. The number of amides is 1. The van der Waals surface area contributed by atoms with Crippen LogP contribution in [0.5, 0.6) is 0 Å². The molecule has 1 saturated heterocycles. The molecule has 0 aromatic carbocycles. The molecular weight excluding hydrogens is 272 g/mol. The van der Waals surface area contributed by atoms with Gasteiger partial charge in [0, 0.05) is 44.5 Å². The van der Waals surface area contributed by atoms with Gasteiger partial charge in [0.15, 0.2) is 5.13 Å². The maximum absolute atomic E-state index is 11.5. The van der Waals surface area contributed by atoms with Gasteiger partial charge in [-0.25, -0.2) is 4.98 Å². The van der Waals surface area contributed by atoms with Gasteiger partial charge in [-0.2, -0.15) is 0 Å². The summed E-state index contributed by atoms with van der Waals surface area (Å²) in [6.07, 6.45) is 1.10. The number of hydrogen-bond donors (Lipinski definition) is 1. The molecule has 1 fully saturated rings. The van der Waals surface area contributed by atoms with Crippen molar-refractivity contribution in [3.63, 3.8) is 0 Å². The van der Waals surface area contributed by atoms with E-state index in [-0.39, 0.29) is 11.9 Å². The predicted molar refractivity (Wildman–Crippen MR) is 82.8 cm³/mol. The molecule has 1 aliphatic rings. The van der Waals surface area contributed by atoms with Crippen LogP contribution in [-0.2, 0) is 11.3 Å². The normalized spacial score (nSPS) is 23.8. The van der Waals surface area contributed by atoms with Gasteiger partial charge in [0.25, 0.3) is 0 Å². The predicted octanol–water partition coefficient (Wildman–Crippen LogP) is 1.68. The number of piperidine rings is 1. The molecule has 6 heteroatoms. The van der Waals surface area contributed by atoms with Crippen LogP contribution in [0.3, 0.4) is 0 Å². The number of anilines is 1. The number of likely N-dealkylation sites (tertiary alicyclic amines) is 1. The average Bonchev–Trinajstić information content (AvgIpc) is 2.76. The molecule has 1 aromatic rings. The zero-order valence-corrected chi connectivity index (χ0v) is 13.3. The Morgan fingerprint density at radius 3 is 2.95 bits per heavy atom. The second-order valence-electron chi connectivity index (χ2n) is 5.68. The quantitative estimate of drug-likeness (QED) is 0.918. The topological polar surface area (TPSA) is 62.5 Å². The first-order valence-corrected chi connectivity index (χ1v) is 8.08. The minimum absolute atomic E-state index is 0.0435. The second kappa shape index (κ2) is 6.65. The number of nitrogens with two attached hydrogens (primary N) is 1. The van der Waals surface area contributed by atoms with Crippen molar-refractivity contribution in [2.75, 3.05) is 24.5 Å². The monoisotopic (exact) mass is 296 g/mol. The molecule has 1 aromatic heterocycles. The fraction of sp³-hybridized carbons (Fsp3) is 0.714. The van der Waals surface area contributed by atoms with Crippen molar-refractivity contribution in [3.05, 3.63) is 11.1 Å². The van der Waals surface area contributed by atoms with E-state index in [0.717, 1.165) is 36.9 Å². The number of nitrogens with zero attached hydrogens (tertiary/aromatic N) is 3. The Labute approximate surface area is 124 Å². The van der Waals surface area contributed by atoms with E-state index < -0.39 is 0 Å². The van der Waals surface area contributed by atoms with Gasteiger partial charge in [0.05, 0.1) is 5.69 Å². The Hall–Kier alpha value is -0.980. The summed E-state index contributed by atoms with van der Waals surface area (Å²) in [7, 11) is 0. The molecule has 1 aliphatic heterocycles. The molecule has 2 N–H and O–H groups in total. The van der Waals surface area contributed by atoms with Crippen LogP contribution < -0.4 is 10.6 Å². The van der Waals surface area contributed by atoms with Crippen LogP contribution in [0.2, 0.25) is 0 Å². The zero-order chi connectivity index (χ0) is 14.7. The van der Waals surface area contributed by atoms with Gasteiger partial charge >= 0.3 is 0 Å². The standard InChI is InChI=1S/C14H24N4OS/c1-4-18(11(3)19)14-16-13(9-20-14)8-17-6-10(2)5-12(15)7-17/h9-10,12H,4-8,15H2,1-3H3. The first-order chi connectivity index (χ1) is 9.49. The van der Waals surface area contributed by atoms with E-state index >= 15 is 0 Å². The van der Waals surface area contributed by atoms with E-state index in [1.54, 1.807) is 11.8 Å². The van der Waals surface area contributed by atoms with Crippen LogP contribution in [0.1, 0.15) is 32.9 Å². The van der Waals surface area contributed by atoms with Gasteiger partial charge in [0.2, 0.25) is 5.91 Å². The fourth-order valence-electron chi connectivity index (χ4n) is 2.86. The number of hydrogen-bond acceptors (Lipinski definition) is 5. The third-order valence-electron chi connectivity index (χ3n) is 3.62. The fourth-order valence-corrected chi connectivity index (χ4v) is 3.78. The minimum Gasteiger partial charge on any atom is -0.327 e. The maximum Gasteiger partial charge on any atom is 0.225 e. The Bertz CT molecular complexity index is 452. The molecule has 2 unspecified atom stereocenters. The SMILES string of the molecule is CCN(C(C)=O)c1nc(CN2CC(C)CC(N)C2)cs1. The molecule has 0 saturated carbocycles. The minimum atomic E-state index is 0.0435. The summed E-state index contributed by atoms with van der Waals surface area (Å²) in [5.74, 6) is 0.684. The molecule has 0 bridgehead atoms. The van der Waals surface area contributed by atoms with Crippen molar-refractivity contribution >= 4 is 22.4 Å². The van der Waals surface area contributed by atoms with E-state index in [4.69, 9.17) is 5.73 Å². The highest BCUT2D eigenvalue weighted by Crippen LogP contribution is 2.23. The van der Waals surface area contributed by atoms with Gasteiger partial charge < -0.3 is 5.73 Å².